The first kappa shape index (κ1) is 16.5. The van der Waals surface area contributed by atoms with Crippen LogP contribution in [-0.2, 0) is 17.8 Å². The van der Waals surface area contributed by atoms with Crippen LogP contribution in [-0.4, -0.2) is 15.5 Å². The van der Waals surface area contributed by atoms with Crippen molar-refractivity contribution >= 4 is 28.1 Å². The van der Waals surface area contributed by atoms with Gasteiger partial charge in [0.25, 0.3) is 0 Å². The Morgan fingerprint density at radius 1 is 1.12 bits per heavy atom. The van der Waals surface area contributed by atoms with Crippen molar-refractivity contribution in [2.45, 2.75) is 19.9 Å². The summed E-state index contributed by atoms with van der Waals surface area (Å²) >= 11 is 1.48. The maximum Gasteiger partial charge on any atom is 0.224 e. The molecule has 2 aromatic heterocycles. The third-order valence-corrected chi connectivity index (χ3v) is 5.32. The number of para-hydroxylation sites is 1. The lowest BCUT2D eigenvalue weighted by atomic mass is 10.0. The van der Waals surface area contributed by atoms with Gasteiger partial charge in [-0.25, -0.2) is 4.98 Å². The molecule has 0 saturated heterocycles. The minimum absolute atomic E-state index is 0.178. The highest BCUT2D eigenvalue weighted by Gasteiger charge is 2.21. The largest absolute Gasteiger partial charge is 0.369 e. The normalized spacial score (nSPS) is 11.1. The molecule has 2 heterocycles. The summed E-state index contributed by atoms with van der Waals surface area (Å²) in [5, 5.41) is 3.94. The predicted molar refractivity (Wildman–Crippen MR) is 107 cm³/mol. The van der Waals surface area contributed by atoms with Crippen LogP contribution in [0.5, 0.6) is 0 Å². The van der Waals surface area contributed by atoms with Crippen LogP contribution in [0, 0.1) is 0 Å². The van der Waals surface area contributed by atoms with Crippen molar-refractivity contribution in [1.29, 1.82) is 0 Å². The van der Waals surface area contributed by atoms with Gasteiger partial charge < -0.3 is 10.3 Å². The van der Waals surface area contributed by atoms with Crippen LogP contribution in [0.2, 0.25) is 0 Å². The number of nitrogens with two attached hydrogens (primary N) is 1. The van der Waals surface area contributed by atoms with Crippen molar-refractivity contribution in [1.82, 2.24) is 9.55 Å². The van der Waals surface area contributed by atoms with E-state index >= 15 is 0 Å². The smallest absolute Gasteiger partial charge is 0.224 e. The summed E-state index contributed by atoms with van der Waals surface area (Å²) in [7, 11) is 0. The Morgan fingerprint density at radius 3 is 2.58 bits per heavy atom. The number of aromatic nitrogens is 2. The lowest BCUT2D eigenvalue weighted by Crippen LogP contribution is -2.13. The average Bonchev–Trinajstić information content (AvgIpc) is 3.23. The number of carbonyl (C=O) groups excluding carboxylic acids is 1. The third-order valence-electron chi connectivity index (χ3n) is 4.47. The number of thiazole rings is 1. The van der Waals surface area contributed by atoms with Crippen molar-refractivity contribution in [2.24, 2.45) is 5.73 Å². The van der Waals surface area contributed by atoms with E-state index in [-0.39, 0.29) is 12.3 Å². The van der Waals surface area contributed by atoms with Gasteiger partial charge in [0, 0.05) is 28.4 Å². The van der Waals surface area contributed by atoms with Crippen LogP contribution in [0.25, 0.3) is 33.4 Å². The summed E-state index contributed by atoms with van der Waals surface area (Å²) in [6.45, 7) is 3.02. The van der Waals surface area contributed by atoms with Gasteiger partial charge in [0.1, 0.15) is 5.01 Å². The highest BCUT2D eigenvalue weighted by molar-refractivity contribution is 7.10. The van der Waals surface area contributed by atoms with Gasteiger partial charge >= 0.3 is 0 Å². The van der Waals surface area contributed by atoms with Gasteiger partial charge in [0.05, 0.1) is 17.8 Å². The first-order chi connectivity index (χ1) is 12.7. The first-order valence-electron chi connectivity index (χ1n) is 8.58. The fourth-order valence-electron chi connectivity index (χ4n) is 3.44. The molecular formula is C21H19N3OS. The minimum Gasteiger partial charge on any atom is -0.369 e. The number of amides is 1. The fraction of sp³-hybridized carbons (Fsp3) is 0.143. The van der Waals surface area contributed by atoms with Crippen LogP contribution in [0.15, 0.2) is 60.0 Å². The zero-order valence-corrected chi connectivity index (χ0v) is 15.3. The summed E-state index contributed by atoms with van der Waals surface area (Å²) in [6, 6.07) is 18.8. The number of carbonyl (C=O) groups is 1. The van der Waals surface area contributed by atoms with Crippen molar-refractivity contribution in [3.8, 4) is 22.5 Å². The van der Waals surface area contributed by atoms with E-state index in [1.807, 2.05) is 11.4 Å². The molecule has 0 atom stereocenters. The van der Waals surface area contributed by atoms with Gasteiger partial charge in [0.15, 0.2) is 0 Å². The molecule has 0 aliphatic heterocycles. The van der Waals surface area contributed by atoms with Crippen molar-refractivity contribution in [3.05, 3.63) is 65.0 Å². The van der Waals surface area contributed by atoms with Crippen LogP contribution in [0.4, 0.5) is 0 Å². The molecule has 4 aromatic rings. The molecule has 130 valence electrons. The Kier molecular flexibility index (Phi) is 4.31. The highest BCUT2D eigenvalue weighted by atomic mass is 32.1. The standard InChI is InChI=1S/C21H19N3OS/c1-2-24-17-11-7-6-10-15(17)20(21(24)14-8-4-3-5-9-14)16-13-26-19(23-16)12-18(22)25/h3-11,13H,2,12H2,1H3,(H2,22,25). The SMILES string of the molecule is CCn1c(-c2ccccc2)c(-c2csc(CC(N)=O)n2)c2ccccc21. The van der Waals surface area contributed by atoms with Gasteiger partial charge in [-0.3, -0.25) is 4.79 Å². The number of rotatable bonds is 5. The fourth-order valence-corrected chi connectivity index (χ4v) is 4.24. The summed E-state index contributed by atoms with van der Waals surface area (Å²) < 4.78 is 2.33. The molecule has 4 rings (SSSR count). The van der Waals surface area contributed by atoms with Gasteiger partial charge in [-0.05, 0) is 18.6 Å². The second-order valence-corrected chi connectivity index (χ2v) is 7.06. The molecule has 2 N–H and O–H groups in total. The number of nitrogens with zero attached hydrogens (tertiary/aromatic N) is 2. The quantitative estimate of drug-likeness (QED) is 0.570. The van der Waals surface area contributed by atoms with Crippen LogP contribution in [0.1, 0.15) is 11.9 Å². The van der Waals surface area contributed by atoms with E-state index in [1.54, 1.807) is 0 Å². The second-order valence-electron chi connectivity index (χ2n) is 6.12. The van der Waals surface area contributed by atoms with Gasteiger partial charge in [0.2, 0.25) is 5.91 Å². The number of primary amides is 1. The molecule has 26 heavy (non-hydrogen) atoms. The Bertz CT molecular complexity index is 1080. The first-order valence-corrected chi connectivity index (χ1v) is 9.46. The summed E-state index contributed by atoms with van der Waals surface area (Å²) in [6.07, 6.45) is 0.178. The molecule has 5 heteroatoms. The maximum absolute atomic E-state index is 11.3. The Hall–Kier alpha value is -2.92. The Balaban J connectivity index is 2.01. The number of aryl methyl sites for hydroxylation is 1. The molecule has 2 aromatic carbocycles. The molecular weight excluding hydrogens is 342 g/mol. The summed E-state index contributed by atoms with van der Waals surface area (Å²) in [5.41, 5.74) is 10.8. The minimum atomic E-state index is -0.356. The number of benzene rings is 2. The molecule has 0 bridgehead atoms. The van der Waals surface area contributed by atoms with E-state index in [9.17, 15) is 4.79 Å². The Labute approximate surface area is 155 Å². The monoisotopic (exact) mass is 361 g/mol. The lowest BCUT2D eigenvalue weighted by molar-refractivity contribution is -0.117. The molecule has 0 unspecified atom stereocenters. The molecule has 0 aliphatic carbocycles. The number of hydrogen-bond acceptors (Lipinski definition) is 3. The van der Waals surface area contributed by atoms with Crippen LogP contribution >= 0.6 is 11.3 Å². The number of hydrogen-bond donors (Lipinski definition) is 1. The highest BCUT2D eigenvalue weighted by Crippen LogP contribution is 2.41. The van der Waals surface area contributed by atoms with E-state index < -0.39 is 0 Å². The lowest BCUT2D eigenvalue weighted by Gasteiger charge is -2.10. The molecule has 0 fully saturated rings. The van der Waals surface area contributed by atoms with Crippen molar-refractivity contribution in [3.63, 3.8) is 0 Å². The van der Waals surface area contributed by atoms with Gasteiger partial charge in [-0.15, -0.1) is 11.3 Å². The van der Waals surface area contributed by atoms with E-state index in [0.29, 0.717) is 0 Å². The molecule has 0 saturated carbocycles. The topological polar surface area (TPSA) is 60.9 Å². The van der Waals surface area contributed by atoms with Gasteiger partial charge in [-0.2, -0.15) is 0 Å². The van der Waals surface area contributed by atoms with E-state index in [4.69, 9.17) is 10.7 Å². The summed E-state index contributed by atoms with van der Waals surface area (Å²) in [4.78, 5) is 16.0. The van der Waals surface area contributed by atoms with E-state index in [0.717, 1.165) is 34.1 Å². The molecule has 4 nitrogen and oxygen atoms in total. The van der Waals surface area contributed by atoms with E-state index in [1.165, 1.54) is 22.2 Å². The second kappa shape index (κ2) is 6.77. The van der Waals surface area contributed by atoms with Gasteiger partial charge in [-0.1, -0.05) is 48.5 Å². The predicted octanol–water partition coefficient (Wildman–Crippen LogP) is 4.48. The summed E-state index contributed by atoms with van der Waals surface area (Å²) in [5.74, 6) is -0.356. The van der Waals surface area contributed by atoms with E-state index in [2.05, 4.69) is 60.0 Å². The molecule has 0 aliphatic rings. The zero-order chi connectivity index (χ0) is 18.1. The molecule has 1 amide bonds. The average molecular weight is 361 g/mol. The zero-order valence-electron chi connectivity index (χ0n) is 14.5. The van der Waals surface area contributed by atoms with Crippen molar-refractivity contribution < 1.29 is 4.79 Å². The van der Waals surface area contributed by atoms with Crippen LogP contribution in [0.3, 0.4) is 0 Å². The number of fused-ring (bicyclic) bond motifs is 1. The Morgan fingerprint density at radius 2 is 1.85 bits per heavy atom. The molecule has 0 radical (unpaired) electrons. The molecule has 0 spiro atoms. The maximum atomic E-state index is 11.3. The van der Waals surface area contributed by atoms with Crippen LogP contribution < -0.4 is 5.73 Å². The van der Waals surface area contributed by atoms with Crippen molar-refractivity contribution in [2.75, 3.05) is 0 Å². The third kappa shape index (κ3) is 2.80.